The predicted octanol–water partition coefficient (Wildman–Crippen LogP) is -0.180. The van der Waals surface area contributed by atoms with Crippen molar-refractivity contribution < 1.29 is 19.9 Å². The highest BCUT2D eigenvalue weighted by Gasteiger charge is 2.38. The Morgan fingerprint density at radius 3 is 2.67 bits per heavy atom. The number of nitrogens with zero attached hydrogens (tertiary/aromatic N) is 1. The second-order valence-corrected chi connectivity index (χ2v) is 3.89. The highest BCUT2D eigenvalue weighted by atomic mass is 16.5. The van der Waals surface area contributed by atoms with E-state index in [-0.39, 0.29) is 24.5 Å². The molecule has 0 aliphatic carbocycles. The van der Waals surface area contributed by atoms with Crippen LogP contribution in [0.3, 0.4) is 0 Å². The topological polar surface area (TPSA) is 77.8 Å². The smallest absolute Gasteiger partial charge is 0.355 e. The van der Waals surface area contributed by atoms with E-state index in [1.165, 1.54) is 5.98 Å². The molecule has 2 unspecified atom stereocenters. The Hall–Kier alpha value is -1.14. The van der Waals surface area contributed by atoms with Gasteiger partial charge in [0.05, 0.1) is 0 Å². The van der Waals surface area contributed by atoms with Crippen LogP contribution in [0.4, 0.5) is 0 Å². The maximum absolute atomic E-state index is 11.5. The van der Waals surface area contributed by atoms with Gasteiger partial charge in [-0.2, -0.15) is 0 Å². The number of hydrogen-bond donors (Lipinski definition) is 2. The minimum Gasteiger partial charge on any atom is -0.391 e. The summed E-state index contributed by atoms with van der Waals surface area (Å²) < 4.78 is 0. The first-order valence-electron chi connectivity index (χ1n) is 4.81. The lowest BCUT2D eigenvalue weighted by Gasteiger charge is -2.28. The van der Waals surface area contributed by atoms with Crippen LogP contribution in [0.25, 0.3) is 0 Å². The maximum Gasteiger partial charge on any atom is 0.355 e. The first-order valence-corrected chi connectivity index (χ1v) is 4.81. The number of hydroxylamine groups is 1. The summed E-state index contributed by atoms with van der Waals surface area (Å²) >= 11 is 0. The fourth-order valence-corrected chi connectivity index (χ4v) is 1.65. The van der Waals surface area contributed by atoms with E-state index in [4.69, 9.17) is 0 Å². The maximum atomic E-state index is 11.5. The molecule has 2 atom stereocenters. The number of carbonyl (C=O) groups excluding carboxylic acids is 2. The molecular weight excluding hydrogens is 197 g/mol. The number of aliphatic hydroxyl groups excluding tert-OH is 1. The number of Topliss-reactive ketones (excluding diaryl/α,β-unsaturated/α-hetero) is 1. The van der Waals surface area contributed by atoms with Crippen LogP contribution in [0.2, 0.25) is 0 Å². The minimum absolute atomic E-state index is 0.0965. The van der Waals surface area contributed by atoms with E-state index in [0.717, 1.165) is 0 Å². The molecule has 1 aliphatic rings. The summed E-state index contributed by atoms with van der Waals surface area (Å²) in [6.45, 7) is 4.06. The van der Waals surface area contributed by atoms with Crippen LogP contribution in [0, 0.1) is 5.92 Å². The summed E-state index contributed by atoms with van der Waals surface area (Å²) in [7, 11) is 0. The van der Waals surface area contributed by atoms with Gasteiger partial charge in [-0.1, -0.05) is 12.9 Å². The molecule has 2 N–H and O–H groups in total. The van der Waals surface area contributed by atoms with Crippen LogP contribution in [0.5, 0.6) is 0 Å². The van der Waals surface area contributed by atoms with Crippen LogP contribution in [0.15, 0.2) is 12.6 Å². The second kappa shape index (κ2) is 4.59. The Kier molecular flexibility index (Phi) is 3.65. The molecule has 0 aromatic heterocycles. The molecule has 1 rings (SSSR count). The van der Waals surface area contributed by atoms with E-state index < -0.39 is 18.8 Å². The van der Waals surface area contributed by atoms with Gasteiger partial charge in [-0.3, -0.25) is 19.8 Å². The fraction of sp³-hybridized carbons (Fsp3) is 0.556. The molecule has 6 heteroatoms. The van der Waals surface area contributed by atoms with E-state index in [1.54, 1.807) is 6.92 Å². The van der Waals surface area contributed by atoms with Gasteiger partial charge in [-0.15, -0.1) is 6.58 Å². The lowest BCUT2D eigenvalue weighted by Crippen LogP contribution is -2.53. The Labute approximate surface area is 88.4 Å². The first kappa shape index (κ1) is 11.9. The average molecular weight is 211 g/mol. The molecule has 0 aromatic rings. The van der Waals surface area contributed by atoms with Crippen molar-refractivity contribution in [1.29, 1.82) is 0 Å². The van der Waals surface area contributed by atoms with Crippen molar-refractivity contribution in [2.45, 2.75) is 25.8 Å². The third kappa shape index (κ3) is 2.46. The van der Waals surface area contributed by atoms with Crippen molar-refractivity contribution in [3.8, 4) is 0 Å². The van der Waals surface area contributed by atoms with Gasteiger partial charge in [0.15, 0.2) is 5.78 Å². The Morgan fingerprint density at radius 1 is 1.53 bits per heavy atom. The van der Waals surface area contributed by atoms with Crippen molar-refractivity contribution >= 4 is 18.5 Å². The van der Waals surface area contributed by atoms with Crippen LogP contribution in [-0.2, 0) is 9.59 Å². The normalized spacial score (nSPS) is 28.7. The van der Waals surface area contributed by atoms with Gasteiger partial charge in [0.25, 0.3) is 0 Å². The third-order valence-electron chi connectivity index (χ3n) is 2.51. The molecule has 0 radical (unpaired) electrons. The monoisotopic (exact) mass is 211 g/mol. The van der Waals surface area contributed by atoms with E-state index in [1.807, 2.05) is 0 Å². The van der Waals surface area contributed by atoms with Gasteiger partial charge in [-0.05, 0) is 5.92 Å². The van der Waals surface area contributed by atoms with E-state index in [0.29, 0.717) is 4.97 Å². The van der Waals surface area contributed by atoms with Crippen LogP contribution < -0.4 is 0 Å². The van der Waals surface area contributed by atoms with Crippen molar-refractivity contribution in [2.24, 2.45) is 5.92 Å². The molecule has 82 valence electrons. The molecule has 15 heavy (non-hydrogen) atoms. The molecule has 5 nitrogen and oxygen atoms in total. The molecule has 1 fully saturated rings. The predicted molar refractivity (Wildman–Crippen MR) is 54.0 cm³/mol. The molecule has 1 saturated heterocycles. The van der Waals surface area contributed by atoms with Gasteiger partial charge in [0, 0.05) is 12.8 Å². The summed E-state index contributed by atoms with van der Waals surface area (Å²) in [5, 5.41) is 19.0. The van der Waals surface area contributed by atoms with Gasteiger partial charge in [-0.25, -0.2) is 0 Å². The Bertz CT molecular complexity index is 270. The van der Waals surface area contributed by atoms with Crippen LogP contribution in [0.1, 0.15) is 19.8 Å². The summed E-state index contributed by atoms with van der Waals surface area (Å²) in [6, 6.07) is -1.39. The van der Waals surface area contributed by atoms with Gasteiger partial charge in [0.2, 0.25) is 5.91 Å². The number of rotatable bonds is 1. The van der Waals surface area contributed by atoms with E-state index in [9.17, 15) is 19.9 Å². The standard InChI is InChI=1S/C9H14BNO4/c1-3-10-9(14)7(12)4-6(2)5-8(13)11(10)15/h3,6,9,14-15H,1,4-5H2,2H3. The summed E-state index contributed by atoms with van der Waals surface area (Å²) in [5.41, 5.74) is 0. The third-order valence-corrected chi connectivity index (χ3v) is 2.51. The largest absolute Gasteiger partial charge is 0.391 e. The van der Waals surface area contributed by atoms with Gasteiger partial charge in [0.1, 0.15) is 6.00 Å². The quantitative estimate of drug-likeness (QED) is 0.465. The molecule has 1 aliphatic heterocycles. The van der Waals surface area contributed by atoms with Crippen LogP contribution in [-0.4, -0.2) is 39.8 Å². The van der Waals surface area contributed by atoms with Crippen LogP contribution >= 0.6 is 0 Å². The molecule has 0 bridgehead atoms. The minimum atomic E-state index is -1.39. The van der Waals surface area contributed by atoms with E-state index >= 15 is 0 Å². The summed E-state index contributed by atoms with van der Waals surface area (Å²) in [6.07, 6.45) is 0.240. The summed E-state index contributed by atoms with van der Waals surface area (Å²) in [4.78, 5) is 23.3. The van der Waals surface area contributed by atoms with Crippen molar-refractivity contribution in [2.75, 3.05) is 0 Å². The van der Waals surface area contributed by atoms with Crippen molar-refractivity contribution in [3.63, 3.8) is 0 Å². The van der Waals surface area contributed by atoms with E-state index in [2.05, 4.69) is 6.58 Å². The number of amides is 1. The number of ketones is 1. The number of hydrogen-bond acceptors (Lipinski definition) is 4. The zero-order valence-corrected chi connectivity index (χ0v) is 8.59. The Balaban J connectivity index is 2.93. The van der Waals surface area contributed by atoms with Gasteiger partial charge < -0.3 is 5.11 Å². The molecule has 1 amide bonds. The fourth-order valence-electron chi connectivity index (χ4n) is 1.65. The SMILES string of the molecule is C=CB1C(O)C(=O)CC(C)CC(=O)N1O. The molecule has 0 saturated carbocycles. The molecule has 0 spiro atoms. The average Bonchev–Trinajstić information content (AvgIpc) is 2.16. The molecule has 1 heterocycles. The zero-order chi connectivity index (χ0) is 11.6. The van der Waals surface area contributed by atoms with Crippen molar-refractivity contribution in [1.82, 2.24) is 4.97 Å². The van der Waals surface area contributed by atoms with Gasteiger partial charge >= 0.3 is 6.85 Å². The highest BCUT2D eigenvalue weighted by Crippen LogP contribution is 2.17. The summed E-state index contributed by atoms with van der Waals surface area (Å²) in [5.74, 6) is 0.147. The molecule has 0 aromatic carbocycles. The first-order chi connectivity index (χ1) is 6.97. The zero-order valence-electron chi connectivity index (χ0n) is 8.59. The number of aliphatic hydroxyl groups is 1. The molecular formula is C9H14BNO4. The lowest BCUT2D eigenvalue weighted by molar-refractivity contribution is -0.151. The van der Waals surface area contributed by atoms with Crippen molar-refractivity contribution in [3.05, 3.63) is 12.6 Å². The highest BCUT2D eigenvalue weighted by molar-refractivity contribution is 6.68. The Morgan fingerprint density at radius 2 is 2.13 bits per heavy atom. The second-order valence-electron chi connectivity index (χ2n) is 3.89. The lowest BCUT2D eigenvalue weighted by atomic mass is 9.54. The number of carbonyl (C=O) groups is 2.